The first-order valence-corrected chi connectivity index (χ1v) is 10.3. The summed E-state index contributed by atoms with van der Waals surface area (Å²) in [7, 11) is 0. The van der Waals surface area contributed by atoms with Crippen molar-refractivity contribution in [3.8, 4) is 0 Å². The first-order valence-electron chi connectivity index (χ1n) is 8.89. The lowest BCUT2D eigenvalue weighted by Gasteiger charge is -2.28. The Bertz CT molecular complexity index is 808. The van der Waals surface area contributed by atoms with Gasteiger partial charge in [0.1, 0.15) is 0 Å². The zero-order valence-electron chi connectivity index (χ0n) is 14.9. The minimum absolute atomic E-state index is 0.0568. The van der Waals surface area contributed by atoms with Gasteiger partial charge in [-0.2, -0.15) is 0 Å². The van der Waals surface area contributed by atoms with Gasteiger partial charge in [-0.3, -0.25) is 14.3 Å². The molecule has 1 atom stereocenters. The largest absolute Gasteiger partial charge is 0.391 e. The van der Waals surface area contributed by atoms with E-state index in [0.717, 1.165) is 19.5 Å². The first-order chi connectivity index (χ1) is 12.6. The molecule has 1 aromatic heterocycles. The van der Waals surface area contributed by atoms with Crippen LogP contribution in [0.1, 0.15) is 13.3 Å². The van der Waals surface area contributed by atoms with E-state index in [-0.39, 0.29) is 5.56 Å². The average molecular weight is 398 g/mol. The molecule has 1 aliphatic rings. The maximum absolute atomic E-state index is 12.8. The molecule has 1 saturated heterocycles. The lowest BCUT2D eigenvalue weighted by Crippen LogP contribution is -2.41. The highest BCUT2D eigenvalue weighted by Gasteiger charge is 2.17. The van der Waals surface area contributed by atoms with Crippen molar-refractivity contribution in [2.45, 2.75) is 31.1 Å². The Balaban J connectivity index is 1.76. The average Bonchev–Trinajstić information content (AvgIpc) is 2.63. The molecule has 2 aromatic rings. The number of halogens is 1. The predicted octanol–water partition coefficient (Wildman–Crippen LogP) is 2.25. The number of aliphatic hydroxyl groups excluding tert-OH is 1. The van der Waals surface area contributed by atoms with Crippen LogP contribution in [0.3, 0.4) is 0 Å². The van der Waals surface area contributed by atoms with Crippen LogP contribution in [-0.4, -0.2) is 64.3 Å². The van der Waals surface area contributed by atoms with Crippen molar-refractivity contribution in [1.29, 1.82) is 0 Å². The van der Waals surface area contributed by atoms with Gasteiger partial charge in [0.05, 0.1) is 30.2 Å². The Morgan fingerprint density at radius 1 is 1.38 bits per heavy atom. The third-order valence-corrected chi connectivity index (χ3v) is 5.66. The molecule has 0 aliphatic carbocycles. The topological polar surface area (TPSA) is 67.6 Å². The van der Waals surface area contributed by atoms with E-state index in [1.54, 1.807) is 22.8 Å². The summed E-state index contributed by atoms with van der Waals surface area (Å²) in [5.41, 5.74) is 0.540. The van der Waals surface area contributed by atoms with Gasteiger partial charge in [0.15, 0.2) is 5.16 Å². The van der Waals surface area contributed by atoms with E-state index in [4.69, 9.17) is 16.3 Å². The minimum atomic E-state index is -0.486. The van der Waals surface area contributed by atoms with E-state index in [1.165, 1.54) is 11.8 Å². The lowest BCUT2D eigenvalue weighted by molar-refractivity contribution is 0.0188. The molecule has 0 spiro atoms. The molecule has 2 heterocycles. The Morgan fingerprint density at radius 3 is 2.88 bits per heavy atom. The summed E-state index contributed by atoms with van der Waals surface area (Å²) in [6, 6.07) is 5.14. The van der Waals surface area contributed by atoms with E-state index < -0.39 is 6.10 Å². The number of β-amino-alcohol motifs (C(OH)–C–C–N with tert-alkyl or cyclic N) is 1. The Kier molecular flexibility index (Phi) is 6.94. The number of ether oxygens (including phenoxy) is 1. The molecule has 1 aliphatic heterocycles. The molecule has 142 valence electrons. The summed E-state index contributed by atoms with van der Waals surface area (Å²) in [4.78, 5) is 19.6. The number of thioether (sulfide) groups is 1. The van der Waals surface area contributed by atoms with Crippen LogP contribution in [0.4, 0.5) is 0 Å². The van der Waals surface area contributed by atoms with Crippen molar-refractivity contribution < 1.29 is 9.84 Å². The van der Waals surface area contributed by atoms with Gasteiger partial charge in [-0.05, 0) is 24.6 Å². The number of hydrogen-bond donors (Lipinski definition) is 1. The SMILES string of the molecule is CCCn1c(SC[C@@H](O)CN2CCOCC2)nc2cc(Cl)ccc2c1=O. The normalized spacial score (nSPS) is 16.9. The quantitative estimate of drug-likeness (QED) is 0.571. The molecule has 6 nitrogen and oxygen atoms in total. The smallest absolute Gasteiger partial charge is 0.262 e. The maximum atomic E-state index is 12.8. The standard InChI is InChI=1S/C18H24ClN3O3S/c1-2-5-22-17(24)15-4-3-13(19)10-16(15)20-18(22)26-12-14(23)11-21-6-8-25-9-7-21/h3-4,10,14,23H,2,5-9,11-12H2,1H3/t14-/m0/s1. The minimum Gasteiger partial charge on any atom is -0.391 e. The number of fused-ring (bicyclic) bond motifs is 1. The number of nitrogens with zero attached hydrogens (tertiary/aromatic N) is 3. The van der Waals surface area contributed by atoms with E-state index >= 15 is 0 Å². The molecule has 1 fully saturated rings. The highest BCUT2D eigenvalue weighted by Crippen LogP contribution is 2.21. The zero-order valence-corrected chi connectivity index (χ0v) is 16.4. The molecule has 3 rings (SSSR count). The lowest BCUT2D eigenvalue weighted by atomic mass is 10.2. The third kappa shape index (κ3) is 4.78. The van der Waals surface area contributed by atoms with Crippen LogP contribution >= 0.6 is 23.4 Å². The number of rotatable bonds is 7. The molecule has 1 N–H and O–H groups in total. The number of aliphatic hydroxyl groups is 1. The van der Waals surface area contributed by atoms with Crippen LogP contribution in [0.15, 0.2) is 28.2 Å². The van der Waals surface area contributed by atoms with Gasteiger partial charge in [0.25, 0.3) is 5.56 Å². The first kappa shape index (κ1) is 19.6. The molecule has 0 saturated carbocycles. The summed E-state index contributed by atoms with van der Waals surface area (Å²) in [5.74, 6) is 0.486. The van der Waals surface area contributed by atoms with Crippen molar-refractivity contribution in [1.82, 2.24) is 14.5 Å². The molecule has 0 radical (unpaired) electrons. The molecule has 0 unspecified atom stereocenters. The molecule has 1 aromatic carbocycles. The van der Waals surface area contributed by atoms with Crippen LogP contribution in [0.25, 0.3) is 10.9 Å². The van der Waals surface area contributed by atoms with Crippen molar-refractivity contribution in [3.63, 3.8) is 0 Å². The van der Waals surface area contributed by atoms with Crippen molar-refractivity contribution in [2.75, 3.05) is 38.6 Å². The van der Waals surface area contributed by atoms with E-state index in [0.29, 0.717) is 53.1 Å². The van der Waals surface area contributed by atoms with E-state index in [9.17, 15) is 9.90 Å². The molecule has 26 heavy (non-hydrogen) atoms. The second-order valence-corrected chi connectivity index (χ2v) is 7.81. The van der Waals surface area contributed by atoms with Gasteiger partial charge in [-0.25, -0.2) is 4.98 Å². The summed E-state index contributed by atoms with van der Waals surface area (Å²) >= 11 is 7.47. The van der Waals surface area contributed by atoms with Crippen LogP contribution in [-0.2, 0) is 11.3 Å². The summed E-state index contributed by atoms with van der Waals surface area (Å²) in [6.07, 6.45) is 0.352. The second kappa shape index (κ2) is 9.19. The predicted molar refractivity (Wildman–Crippen MR) is 105 cm³/mol. The fraction of sp³-hybridized carbons (Fsp3) is 0.556. The fourth-order valence-corrected chi connectivity index (χ4v) is 4.12. The van der Waals surface area contributed by atoms with Gasteiger partial charge in [0.2, 0.25) is 0 Å². The Labute approximate surface area is 162 Å². The van der Waals surface area contributed by atoms with Gasteiger partial charge >= 0.3 is 0 Å². The summed E-state index contributed by atoms with van der Waals surface area (Å²) in [6.45, 7) is 6.34. The summed E-state index contributed by atoms with van der Waals surface area (Å²) in [5, 5.41) is 12.1. The van der Waals surface area contributed by atoms with Crippen molar-refractivity contribution >= 4 is 34.3 Å². The van der Waals surface area contributed by atoms with Gasteiger partial charge < -0.3 is 9.84 Å². The number of aromatic nitrogens is 2. The second-order valence-electron chi connectivity index (χ2n) is 6.39. The zero-order chi connectivity index (χ0) is 18.5. The van der Waals surface area contributed by atoms with Crippen molar-refractivity contribution in [2.24, 2.45) is 0 Å². The van der Waals surface area contributed by atoms with E-state index in [2.05, 4.69) is 9.88 Å². The number of hydrogen-bond acceptors (Lipinski definition) is 6. The van der Waals surface area contributed by atoms with Crippen LogP contribution in [0, 0.1) is 0 Å². The highest BCUT2D eigenvalue weighted by atomic mass is 35.5. The summed E-state index contributed by atoms with van der Waals surface area (Å²) < 4.78 is 7.03. The Morgan fingerprint density at radius 2 is 2.15 bits per heavy atom. The van der Waals surface area contributed by atoms with Gasteiger partial charge in [-0.1, -0.05) is 30.3 Å². The molecule has 0 amide bonds. The molecular weight excluding hydrogens is 374 g/mol. The molecule has 0 bridgehead atoms. The van der Waals surface area contributed by atoms with E-state index in [1.807, 2.05) is 6.92 Å². The van der Waals surface area contributed by atoms with Crippen molar-refractivity contribution in [3.05, 3.63) is 33.6 Å². The molecular formula is C18H24ClN3O3S. The Hall–Kier alpha value is -1.12. The fourth-order valence-electron chi connectivity index (χ4n) is 3.01. The number of morpholine rings is 1. The van der Waals surface area contributed by atoms with Gasteiger partial charge in [0, 0.05) is 37.0 Å². The van der Waals surface area contributed by atoms with Crippen LogP contribution in [0.5, 0.6) is 0 Å². The molecule has 8 heteroatoms. The maximum Gasteiger partial charge on any atom is 0.262 e. The van der Waals surface area contributed by atoms with Crippen LogP contribution < -0.4 is 5.56 Å². The number of benzene rings is 1. The van der Waals surface area contributed by atoms with Gasteiger partial charge in [-0.15, -0.1) is 0 Å². The monoisotopic (exact) mass is 397 g/mol. The third-order valence-electron chi connectivity index (χ3n) is 4.31. The van der Waals surface area contributed by atoms with Crippen LogP contribution in [0.2, 0.25) is 5.02 Å². The highest BCUT2D eigenvalue weighted by molar-refractivity contribution is 7.99.